The molecule has 0 aromatic carbocycles. The summed E-state index contributed by atoms with van der Waals surface area (Å²) in [6, 6.07) is 0. The summed E-state index contributed by atoms with van der Waals surface area (Å²) in [5, 5.41) is 3.28. The van der Waals surface area contributed by atoms with Gasteiger partial charge in [0.2, 0.25) is 0 Å². The molecule has 0 atom stereocenters. The zero-order valence-electron chi connectivity index (χ0n) is 8.23. The second-order valence-corrected chi connectivity index (χ2v) is 3.08. The molecule has 0 unspecified atom stereocenters. The van der Waals surface area contributed by atoms with Crippen LogP contribution in [0.1, 0.15) is 39.0 Å². The van der Waals surface area contributed by atoms with Crippen molar-refractivity contribution in [2.24, 2.45) is 0 Å². The lowest BCUT2D eigenvalue weighted by atomic mass is 10.2. The van der Waals surface area contributed by atoms with Crippen LogP contribution in [0, 0.1) is 0 Å². The first kappa shape index (κ1) is 11.3. The van der Waals surface area contributed by atoms with Crippen molar-refractivity contribution in [1.82, 2.24) is 5.32 Å². The maximum atomic E-state index is 3.88. The summed E-state index contributed by atoms with van der Waals surface area (Å²) in [4.78, 5) is 0. The summed E-state index contributed by atoms with van der Waals surface area (Å²) in [7, 11) is 0. The van der Waals surface area contributed by atoms with Crippen molar-refractivity contribution in [2.75, 3.05) is 6.54 Å². The summed E-state index contributed by atoms with van der Waals surface area (Å²) in [6.07, 6.45) is 7.98. The Hall–Kier alpha value is -0.720. The molecule has 1 N–H and O–H groups in total. The highest BCUT2D eigenvalue weighted by Crippen LogP contribution is 1.99. The molecule has 0 spiro atoms. The molecule has 0 saturated carbocycles. The van der Waals surface area contributed by atoms with E-state index in [-0.39, 0.29) is 0 Å². The minimum Gasteiger partial charge on any atom is -0.389 e. The lowest BCUT2D eigenvalue weighted by molar-refractivity contribution is 0.632. The Kier molecular flexibility index (Phi) is 7.87. The van der Waals surface area contributed by atoms with Gasteiger partial charge in [-0.15, -0.1) is 6.58 Å². The predicted molar refractivity (Wildman–Crippen MR) is 56.1 cm³/mol. The standard InChI is InChI=1S/C11H21N/c1-4-6-7-8-10-12-11(3)9-5-2/h5,12H,2-4,6-10H2,1H3. The van der Waals surface area contributed by atoms with Crippen molar-refractivity contribution < 1.29 is 0 Å². The largest absolute Gasteiger partial charge is 0.389 e. The van der Waals surface area contributed by atoms with E-state index in [0.29, 0.717) is 0 Å². The predicted octanol–water partition coefficient (Wildman–Crippen LogP) is 3.25. The van der Waals surface area contributed by atoms with E-state index in [0.717, 1.165) is 18.7 Å². The third kappa shape index (κ3) is 7.39. The average Bonchev–Trinajstić information content (AvgIpc) is 2.05. The van der Waals surface area contributed by atoms with Gasteiger partial charge in [-0.3, -0.25) is 0 Å². The summed E-state index contributed by atoms with van der Waals surface area (Å²) >= 11 is 0. The van der Waals surface area contributed by atoms with Crippen LogP contribution in [0.3, 0.4) is 0 Å². The third-order valence-electron chi connectivity index (χ3n) is 1.80. The van der Waals surface area contributed by atoms with E-state index in [1.165, 1.54) is 25.7 Å². The van der Waals surface area contributed by atoms with Crippen LogP contribution in [-0.4, -0.2) is 6.54 Å². The van der Waals surface area contributed by atoms with E-state index in [1.807, 2.05) is 6.08 Å². The molecule has 0 aliphatic carbocycles. The first-order chi connectivity index (χ1) is 5.81. The third-order valence-corrected chi connectivity index (χ3v) is 1.80. The van der Waals surface area contributed by atoms with Crippen LogP contribution in [0.25, 0.3) is 0 Å². The van der Waals surface area contributed by atoms with Crippen LogP contribution in [0.5, 0.6) is 0 Å². The molecule has 0 aliphatic rings. The highest BCUT2D eigenvalue weighted by Gasteiger charge is 1.89. The molecular formula is C11H21N. The molecule has 12 heavy (non-hydrogen) atoms. The molecule has 70 valence electrons. The van der Waals surface area contributed by atoms with E-state index in [1.54, 1.807) is 0 Å². The lowest BCUT2D eigenvalue weighted by Gasteiger charge is -2.06. The second-order valence-electron chi connectivity index (χ2n) is 3.08. The smallest absolute Gasteiger partial charge is 0.0143 e. The Morgan fingerprint density at radius 3 is 2.67 bits per heavy atom. The maximum Gasteiger partial charge on any atom is 0.0143 e. The van der Waals surface area contributed by atoms with Gasteiger partial charge in [-0.1, -0.05) is 38.8 Å². The minimum absolute atomic E-state index is 0.883. The van der Waals surface area contributed by atoms with Gasteiger partial charge in [-0.2, -0.15) is 0 Å². The topological polar surface area (TPSA) is 12.0 Å². The van der Waals surface area contributed by atoms with Crippen molar-refractivity contribution in [3.8, 4) is 0 Å². The van der Waals surface area contributed by atoms with Gasteiger partial charge in [0, 0.05) is 18.7 Å². The molecule has 0 rings (SSSR count). The zero-order chi connectivity index (χ0) is 9.23. The quantitative estimate of drug-likeness (QED) is 0.432. The summed E-state index contributed by atoms with van der Waals surface area (Å²) in [6.45, 7) is 10.8. The normalized spacial score (nSPS) is 9.42. The maximum absolute atomic E-state index is 3.88. The number of hydrogen-bond acceptors (Lipinski definition) is 1. The van der Waals surface area contributed by atoms with Crippen molar-refractivity contribution in [2.45, 2.75) is 39.0 Å². The fourth-order valence-electron chi connectivity index (χ4n) is 1.06. The van der Waals surface area contributed by atoms with E-state index < -0.39 is 0 Å². The van der Waals surface area contributed by atoms with Crippen LogP contribution < -0.4 is 5.32 Å². The zero-order valence-corrected chi connectivity index (χ0v) is 8.23. The number of hydrogen-bond donors (Lipinski definition) is 1. The van der Waals surface area contributed by atoms with E-state index in [2.05, 4.69) is 25.4 Å². The molecule has 0 heterocycles. The highest BCUT2D eigenvalue weighted by atomic mass is 14.9. The van der Waals surface area contributed by atoms with Gasteiger partial charge >= 0.3 is 0 Å². The molecule has 0 aromatic rings. The Morgan fingerprint density at radius 2 is 2.08 bits per heavy atom. The average molecular weight is 167 g/mol. The summed E-state index contributed by atoms with van der Waals surface area (Å²) < 4.78 is 0. The Bertz CT molecular complexity index is 127. The van der Waals surface area contributed by atoms with Crippen LogP contribution in [0.2, 0.25) is 0 Å². The van der Waals surface area contributed by atoms with Crippen LogP contribution in [0.4, 0.5) is 0 Å². The number of nitrogens with one attached hydrogen (secondary N) is 1. The van der Waals surface area contributed by atoms with Crippen LogP contribution >= 0.6 is 0 Å². The molecule has 0 saturated heterocycles. The van der Waals surface area contributed by atoms with Gasteiger partial charge in [-0.05, 0) is 6.42 Å². The number of unbranched alkanes of at least 4 members (excludes halogenated alkanes) is 3. The highest BCUT2D eigenvalue weighted by molar-refractivity contribution is 4.96. The van der Waals surface area contributed by atoms with E-state index in [9.17, 15) is 0 Å². The van der Waals surface area contributed by atoms with E-state index in [4.69, 9.17) is 0 Å². The fraction of sp³-hybridized carbons (Fsp3) is 0.636. The Balaban J connectivity index is 3.08. The molecular weight excluding hydrogens is 146 g/mol. The molecule has 0 radical (unpaired) electrons. The number of allylic oxidation sites excluding steroid dienone is 1. The minimum atomic E-state index is 0.883. The van der Waals surface area contributed by atoms with Crippen molar-refractivity contribution >= 4 is 0 Å². The fourth-order valence-corrected chi connectivity index (χ4v) is 1.06. The Morgan fingerprint density at radius 1 is 1.33 bits per heavy atom. The second kappa shape index (κ2) is 8.38. The van der Waals surface area contributed by atoms with Crippen molar-refractivity contribution in [3.63, 3.8) is 0 Å². The molecule has 0 aliphatic heterocycles. The van der Waals surface area contributed by atoms with Gasteiger partial charge in [0.25, 0.3) is 0 Å². The first-order valence-electron chi connectivity index (χ1n) is 4.83. The molecule has 0 fully saturated rings. The van der Waals surface area contributed by atoms with E-state index >= 15 is 0 Å². The van der Waals surface area contributed by atoms with Crippen molar-refractivity contribution in [1.29, 1.82) is 0 Å². The lowest BCUT2D eigenvalue weighted by Crippen LogP contribution is -2.13. The van der Waals surface area contributed by atoms with Gasteiger partial charge < -0.3 is 5.32 Å². The summed E-state index contributed by atoms with van der Waals surface area (Å²) in [5.41, 5.74) is 1.08. The molecule has 0 aromatic heterocycles. The Labute approximate surface area is 76.6 Å². The van der Waals surface area contributed by atoms with Gasteiger partial charge in [0.15, 0.2) is 0 Å². The number of rotatable bonds is 8. The molecule has 0 amide bonds. The van der Waals surface area contributed by atoms with Crippen molar-refractivity contribution in [3.05, 3.63) is 24.9 Å². The first-order valence-corrected chi connectivity index (χ1v) is 4.83. The van der Waals surface area contributed by atoms with Gasteiger partial charge in [-0.25, -0.2) is 0 Å². The van der Waals surface area contributed by atoms with Gasteiger partial charge in [0.1, 0.15) is 0 Å². The molecule has 0 bridgehead atoms. The van der Waals surface area contributed by atoms with Gasteiger partial charge in [0.05, 0.1) is 0 Å². The SMILES string of the molecule is C=CCC(=C)NCCCCCC. The molecule has 1 nitrogen and oxygen atoms in total. The monoisotopic (exact) mass is 167 g/mol. The van der Waals surface area contributed by atoms with Crippen LogP contribution in [-0.2, 0) is 0 Å². The van der Waals surface area contributed by atoms with Crippen LogP contribution in [0.15, 0.2) is 24.9 Å². The molecule has 1 heteroatoms. The summed E-state index contributed by atoms with van der Waals surface area (Å²) in [5.74, 6) is 0.